The summed E-state index contributed by atoms with van der Waals surface area (Å²) in [5.74, 6) is -2.08. The van der Waals surface area contributed by atoms with E-state index in [0.29, 0.717) is 49.9 Å². The van der Waals surface area contributed by atoms with E-state index < -0.39 is 34.3 Å². The van der Waals surface area contributed by atoms with Crippen LogP contribution in [0.25, 0.3) is 0 Å². The first-order valence-corrected chi connectivity index (χ1v) is 15.7. The molecule has 3 fully saturated rings. The van der Waals surface area contributed by atoms with Gasteiger partial charge in [0.15, 0.2) is 11.0 Å². The molecular formula is C31H38Cl2FN5O4. The molecule has 6 rings (SSSR count). The zero-order valence-corrected chi connectivity index (χ0v) is 26.1. The molecule has 232 valence electrons. The number of nitrogens with zero attached hydrogens (tertiary/aromatic N) is 2. The van der Waals surface area contributed by atoms with Crippen molar-refractivity contribution in [2.75, 3.05) is 19.0 Å². The van der Waals surface area contributed by atoms with Crippen molar-refractivity contribution in [1.82, 2.24) is 20.6 Å². The molecule has 4 N–H and O–H groups in total. The lowest BCUT2D eigenvalue weighted by Gasteiger charge is -2.50. The van der Waals surface area contributed by atoms with Crippen molar-refractivity contribution in [1.29, 1.82) is 0 Å². The number of carbonyl (C=O) groups is 2. The van der Waals surface area contributed by atoms with Gasteiger partial charge in [0, 0.05) is 36.4 Å². The number of pyridine rings is 2. The molecule has 4 aliphatic rings. The number of aromatic nitrogens is 2. The predicted molar refractivity (Wildman–Crippen MR) is 161 cm³/mol. The topological polar surface area (TPSA) is 125 Å². The molecule has 2 aliphatic heterocycles. The number of ether oxygens (including phenoxy) is 1. The Morgan fingerprint density at radius 2 is 1.84 bits per heavy atom. The summed E-state index contributed by atoms with van der Waals surface area (Å²) in [4.78, 5) is 37.2. The van der Waals surface area contributed by atoms with E-state index in [1.165, 1.54) is 12.3 Å². The van der Waals surface area contributed by atoms with E-state index in [2.05, 4.69) is 39.8 Å². The van der Waals surface area contributed by atoms with E-state index in [-0.39, 0.29) is 45.7 Å². The maximum Gasteiger partial charge on any atom is 0.238 e. The first-order valence-electron chi connectivity index (χ1n) is 14.9. The fraction of sp³-hybridized carbons (Fsp3) is 0.613. The summed E-state index contributed by atoms with van der Waals surface area (Å²) < 4.78 is 21.2. The zero-order chi connectivity index (χ0) is 30.8. The fourth-order valence-electron chi connectivity index (χ4n) is 8.20. The van der Waals surface area contributed by atoms with Crippen molar-refractivity contribution in [2.24, 2.45) is 5.41 Å². The number of fused-ring (bicyclic) bond motifs is 3. The third-order valence-electron chi connectivity index (χ3n) is 10.5. The van der Waals surface area contributed by atoms with Gasteiger partial charge in [0.2, 0.25) is 11.8 Å². The second kappa shape index (κ2) is 10.9. The van der Waals surface area contributed by atoms with Gasteiger partial charge < -0.3 is 20.5 Å². The largest absolute Gasteiger partial charge is 0.387 e. The predicted octanol–water partition coefficient (Wildman–Crippen LogP) is 4.64. The van der Waals surface area contributed by atoms with E-state index >= 15 is 4.39 Å². The Morgan fingerprint density at radius 1 is 1.14 bits per heavy atom. The molecule has 0 radical (unpaired) electrons. The summed E-state index contributed by atoms with van der Waals surface area (Å²) in [7, 11) is 1.56. The summed E-state index contributed by atoms with van der Waals surface area (Å²) in [6.07, 6.45) is 6.26. The summed E-state index contributed by atoms with van der Waals surface area (Å²) >= 11 is 12.5. The van der Waals surface area contributed by atoms with E-state index in [9.17, 15) is 14.7 Å². The Kier molecular flexibility index (Phi) is 7.77. The van der Waals surface area contributed by atoms with Gasteiger partial charge >= 0.3 is 0 Å². The highest BCUT2D eigenvalue weighted by molar-refractivity contribution is 6.30. The minimum Gasteiger partial charge on any atom is -0.387 e. The average Bonchev–Trinajstić information content (AvgIpc) is 3.41. The summed E-state index contributed by atoms with van der Waals surface area (Å²) in [5, 5.41) is 20.5. The third-order valence-corrected chi connectivity index (χ3v) is 11.0. The smallest absolute Gasteiger partial charge is 0.238 e. The van der Waals surface area contributed by atoms with Crippen molar-refractivity contribution in [3.63, 3.8) is 0 Å². The molecule has 2 spiro atoms. The molecule has 9 nitrogen and oxygen atoms in total. The minimum atomic E-state index is -1.38. The van der Waals surface area contributed by atoms with Crippen LogP contribution in [-0.2, 0) is 19.7 Å². The van der Waals surface area contributed by atoms with Crippen LogP contribution < -0.4 is 16.0 Å². The molecule has 43 heavy (non-hydrogen) atoms. The van der Waals surface area contributed by atoms with Crippen molar-refractivity contribution in [2.45, 2.75) is 99.8 Å². The van der Waals surface area contributed by atoms with Crippen molar-refractivity contribution in [3.05, 3.63) is 51.6 Å². The molecule has 0 unspecified atom stereocenters. The number of amides is 2. The normalized spacial score (nSPS) is 32.5. The van der Waals surface area contributed by atoms with Crippen LogP contribution in [0.4, 0.5) is 10.2 Å². The van der Waals surface area contributed by atoms with Crippen LogP contribution in [0.3, 0.4) is 0 Å². The summed E-state index contributed by atoms with van der Waals surface area (Å²) in [6, 6.07) is 3.76. The molecular weight excluding hydrogens is 596 g/mol. The Labute approximate surface area is 260 Å². The molecule has 1 saturated heterocycles. The lowest BCUT2D eigenvalue weighted by atomic mass is 9.53. The van der Waals surface area contributed by atoms with E-state index in [0.717, 1.165) is 12.8 Å². The van der Waals surface area contributed by atoms with Gasteiger partial charge in [-0.25, -0.2) is 14.4 Å². The number of nitrogens with one attached hydrogen (secondary N) is 3. The molecule has 12 heteroatoms. The van der Waals surface area contributed by atoms with Crippen LogP contribution in [0.1, 0.15) is 82.3 Å². The maximum absolute atomic E-state index is 16.0. The highest BCUT2D eigenvalue weighted by Crippen LogP contribution is 2.63. The second-order valence-electron chi connectivity index (χ2n) is 13.6. The Hall–Kier alpha value is -2.37. The molecule has 0 bridgehead atoms. The molecule has 2 aliphatic carbocycles. The molecule has 2 amide bonds. The van der Waals surface area contributed by atoms with Crippen molar-refractivity contribution < 1.29 is 23.8 Å². The van der Waals surface area contributed by atoms with Gasteiger partial charge in [0.1, 0.15) is 16.4 Å². The second-order valence-corrected chi connectivity index (χ2v) is 14.3. The Morgan fingerprint density at radius 3 is 2.51 bits per heavy atom. The van der Waals surface area contributed by atoms with Crippen LogP contribution in [0, 0.1) is 11.2 Å². The van der Waals surface area contributed by atoms with E-state index in [1.54, 1.807) is 19.2 Å². The van der Waals surface area contributed by atoms with E-state index in [4.69, 9.17) is 27.9 Å². The number of anilines is 1. The Bertz CT molecular complexity index is 1440. The third kappa shape index (κ3) is 4.94. The van der Waals surface area contributed by atoms with Crippen LogP contribution in [0.5, 0.6) is 0 Å². The Balaban J connectivity index is 1.47. The van der Waals surface area contributed by atoms with Gasteiger partial charge in [0.05, 0.1) is 18.2 Å². The van der Waals surface area contributed by atoms with Gasteiger partial charge in [-0.1, -0.05) is 43.1 Å². The highest BCUT2D eigenvalue weighted by Gasteiger charge is 2.73. The number of methoxy groups -OCH3 is 1. The summed E-state index contributed by atoms with van der Waals surface area (Å²) in [6.45, 7) is 4.63. The lowest BCUT2D eigenvalue weighted by molar-refractivity contribution is -0.125. The van der Waals surface area contributed by atoms with Crippen molar-refractivity contribution >= 4 is 40.8 Å². The van der Waals surface area contributed by atoms with Gasteiger partial charge in [-0.05, 0) is 74.5 Å². The molecule has 4 heterocycles. The van der Waals surface area contributed by atoms with Gasteiger partial charge in [-0.3, -0.25) is 14.9 Å². The first-order chi connectivity index (χ1) is 20.3. The van der Waals surface area contributed by atoms with Crippen molar-refractivity contribution in [3.8, 4) is 0 Å². The molecule has 0 aromatic carbocycles. The van der Waals surface area contributed by atoms with Crippen LogP contribution >= 0.6 is 23.2 Å². The maximum atomic E-state index is 16.0. The monoisotopic (exact) mass is 633 g/mol. The SMILES string of the molecule is COC[C@]1(O)CC[C@@H](NC(=O)[C@@H]2NC3(CCC(C)(C)CC3)[C@@]3(C(=O)Nc4nc(Cl)ccc43)[C@H]2c2ccnc(Cl)c2F)CC1. The number of rotatable bonds is 5. The van der Waals surface area contributed by atoms with E-state index in [1.807, 2.05) is 0 Å². The standard InChI is InChI=1S/C31H38Cl2FN5O4/c1-28(2)11-13-30(14-12-28)31(19-4-5-20(32)37-25(19)38-27(31)41)21(18-8-15-35-24(33)22(18)34)23(39-30)26(40)36-17-6-9-29(42,10-7-17)16-43-3/h4-5,8,15,17,21,23,39,42H,6-7,9-14,16H2,1-3H3,(H,36,40)(H,37,38,41)/t17-,21-,23+,29+,31+/m0/s1. The molecule has 2 saturated carbocycles. The van der Waals surface area contributed by atoms with Gasteiger partial charge in [-0.15, -0.1) is 0 Å². The number of aliphatic hydroxyl groups is 1. The first kappa shape index (κ1) is 30.6. The number of halogens is 3. The lowest BCUT2D eigenvalue weighted by Crippen LogP contribution is -2.61. The number of carbonyl (C=O) groups excluding carboxylic acids is 2. The number of hydrogen-bond acceptors (Lipinski definition) is 7. The number of hydrogen-bond donors (Lipinski definition) is 4. The van der Waals surface area contributed by atoms with Gasteiger partial charge in [0.25, 0.3) is 0 Å². The quantitative estimate of drug-likeness (QED) is 0.353. The van der Waals surface area contributed by atoms with Crippen LogP contribution in [0.15, 0.2) is 24.4 Å². The minimum absolute atomic E-state index is 0.0342. The zero-order valence-electron chi connectivity index (χ0n) is 24.6. The highest BCUT2D eigenvalue weighted by atomic mass is 35.5. The summed E-state index contributed by atoms with van der Waals surface area (Å²) in [5.41, 5.74) is -2.42. The molecule has 3 atom stereocenters. The molecule has 2 aromatic rings. The van der Waals surface area contributed by atoms with Crippen LogP contribution in [0.2, 0.25) is 10.3 Å². The molecule has 2 aromatic heterocycles. The van der Waals surface area contributed by atoms with Gasteiger partial charge in [-0.2, -0.15) is 0 Å². The van der Waals surface area contributed by atoms with Crippen LogP contribution in [-0.4, -0.2) is 63.8 Å². The fourth-order valence-corrected chi connectivity index (χ4v) is 8.51. The average molecular weight is 635 g/mol.